The fraction of sp³-hybridized carbons (Fsp3) is 0.353. The molecule has 2 aromatic heterocycles. The average Bonchev–Trinajstić information content (AvgIpc) is 2.67. The number of amides is 1. The second-order valence-electron chi connectivity index (χ2n) is 6.10. The van der Waals surface area contributed by atoms with Gasteiger partial charge in [0.2, 0.25) is 11.8 Å². The highest BCUT2D eigenvalue weighted by Gasteiger charge is 2.28. The van der Waals surface area contributed by atoms with Crippen LogP contribution in [0.3, 0.4) is 0 Å². The summed E-state index contributed by atoms with van der Waals surface area (Å²) < 4.78 is 10.2. The van der Waals surface area contributed by atoms with Gasteiger partial charge in [0.05, 0.1) is 25.1 Å². The first-order chi connectivity index (χ1) is 13.4. The first-order valence-electron chi connectivity index (χ1n) is 8.37. The SMILES string of the molecule is COC(=O)c1cc(Cl)nc(Oc2cnc(N3CCN(C(=O)O)C(C)C3)nc2)c1. The van der Waals surface area contributed by atoms with E-state index in [-0.39, 0.29) is 22.6 Å². The Morgan fingerprint density at radius 1 is 1.25 bits per heavy atom. The Balaban J connectivity index is 1.69. The molecule has 1 N–H and O–H groups in total. The molecule has 0 radical (unpaired) electrons. The third kappa shape index (κ3) is 4.39. The maximum absolute atomic E-state index is 11.6. The number of rotatable bonds is 4. The van der Waals surface area contributed by atoms with E-state index in [9.17, 15) is 9.59 Å². The number of pyridine rings is 1. The minimum Gasteiger partial charge on any atom is -0.465 e. The predicted molar refractivity (Wildman–Crippen MR) is 99.1 cm³/mol. The molecule has 2 aromatic rings. The van der Waals surface area contributed by atoms with Crippen molar-refractivity contribution in [3.8, 4) is 11.6 Å². The van der Waals surface area contributed by atoms with Gasteiger partial charge >= 0.3 is 12.1 Å². The van der Waals surface area contributed by atoms with Crippen molar-refractivity contribution in [1.29, 1.82) is 0 Å². The molecule has 0 aromatic carbocycles. The molecule has 1 atom stereocenters. The molecule has 10 nitrogen and oxygen atoms in total. The lowest BCUT2D eigenvalue weighted by molar-refractivity contribution is 0.0600. The van der Waals surface area contributed by atoms with Crippen LogP contribution in [0.4, 0.5) is 10.7 Å². The van der Waals surface area contributed by atoms with Crippen molar-refractivity contribution < 1.29 is 24.2 Å². The average molecular weight is 408 g/mol. The van der Waals surface area contributed by atoms with Crippen LogP contribution in [0, 0.1) is 0 Å². The highest BCUT2D eigenvalue weighted by molar-refractivity contribution is 6.29. The van der Waals surface area contributed by atoms with Crippen molar-refractivity contribution in [1.82, 2.24) is 19.9 Å². The van der Waals surface area contributed by atoms with Crippen LogP contribution in [0.2, 0.25) is 5.15 Å². The molecular formula is C17H18ClN5O5. The molecule has 0 aliphatic carbocycles. The van der Waals surface area contributed by atoms with Crippen LogP contribution in [-0.2, 0) is 4.74 Å². The number of ether oxygens (including phenoxy) is 2. The fourth-order valence-electron chi connectivity index (χ4n) is 2.83. The molecule has 148 valence electrons. The summed E-state index contributed by atoms with van der Waals surface area (Å²) >= 11 is 5.91. The second-order valence-corrected chi connectivity index (χ2v) is 6.49. The Morgan fingerprint density at radius 3 is 2.57 bits per heavy atom. The molecule has 1 aliphatic rings. The molecule has 0 bridgehead atoms. The lowest BCUT2D eigenvalue weighted by Gasteiger charge is -2.38. The Hall–Kier alpha value is -3.14. The lowest BCUT2D eigenvalue weighted by Crippen LogP contribution is -2.54. The third-order valence-corrected chi connectivity index (χ3v) is 4.38. The van der Waals surface area contributed by atoms with Crippen molar-refractivity contribution in [2.24, 2.45) is 0 Å². The van der Waals surface area contributed by atoms with Crippen molar-refractivity contribution in [2.45, 2.75) is 13.0 Å². The van der Waals surface area contributed by atoms with Crippen molar-refractivity contribution in [2.75, 3.05) is 31.6 Å². The first kappa shape index (κ1) is 19.6. The number of carboxylic acid groups (broad SMARTS) is 1. The molecule has 28 heavy (non-hydrogen) atoms. The van der Waals surface area contributed by atoms with Crippen LogP contribution in [0.5, 0.6) is 11.6 Å². The highest BCUT2D eigenvalue weighted by atomic mass is 35.5. The quantitative estimate of drug-likeness (QED) is 0.601. The number of esters is 1. The van der Waals surface area contributed by atoms with Gasteiger partial charge in [0, 0.05) is 31.7 Å². The van der Waals surface area contributed by atoms with E-state index in [0.29, 0.717) is 31.3 Å². The molecule has 1 aliphatic heterocycles. The summed E-state index contributed by atoms with van der Waals surface area (Å²) in [4.78, 5) is 38.6. The minimum atomic E-state index is -0.933. The zero-order chi connectivity index (χ0) is 20.3. The normalized spacial score (nSPS) is 16.6. The van der Waals surface area contributed by atoms with Crippen LogP contribution >= 0.6 is 11.6 Å². The van der Waals surface area contributed by atoms with Crippen LogP contribution in [-0.4, -0.2) is 69.8 Å². The van der Waals surface area contributed by atoms with Crippen LogP contribution in [0.1, 0.15) is 17.3 Å². The van der Waals surface area contributed by atoms with Gasteiger partial charge in [-0.3, -0.25) is 0 Å². The maximum Gasteiger partial charge on any atom is 0.407 e. The molecule has 3 heterocycles. The number of carbonyl (C=O) groups is 2. The highest BCUT2D eigenvalue weighted by Crippen LogP contribution is 2.23. The van der Waals surface area contributed by atoms with Gasteiger partial charge in [-0.2, -0.15) is 0 Å². The smallest absolute Gasteiger partial charge is 0.407 e. The molecular weight excluding hydrogens is 390 g/mol. The van der Waals surface area contributed by atoms with Gasteiger partial charge in [0.15, 0.2) is 5.75 Å². The van der Waals surface area contributed by atoms with Crippen LogP contribution in [0.25, 0.3) is 0 Å². The number of methoxy groups -OCH3 is 1. The molecule has 3 rings (SSSR count). The topological polar surface area (TPSA) is 118 Å². The Kier molecular flexibility index (Phi) is 5.78. The standard InChI is InChI=1S/C17H18ClN5O5/c1-10-9-22(3-4-23(10)17(25)26)16-19-7-12(8-20-16)28-14-6-11(15(24)27-2)5-13(18)21-14/h5-8,10H,3-4,9H2,1-2H3,(H,25,26). The largest absolute Gasteiger partial charge is 0.465 e. The van der Waals surface area contributed by atoms with E-state index in [1.165, 1.54) is 36.5 Å². The summed E-state index contributed by atoms with van der Waals surface area (Å²) in [5, 5.41) is 9.23. The predicted octanol–water partition coefficient (Wildman–Crippen LogP) is 2.29. The van der Waals surface area contributed by atoms with E-state index >= 15 is 0 Å². The molecule has 1 saturated heterocycles. The molecule has 0 saturated carbocycles. The number of carbonyl (C=O) groups excluding carboxylic acids is 1. The number of hydrogen-bond acceptors (Lipinski definition) is 8. The number of aromatic nitrogens is 3. The maximum atomic E-state index is 11.6. The van der Waals surface area contributed by atoms with E-state index in [4.69, 9.17) is 21.4 Å². The zero-order valence-corrected chi connectivity index (χ0v) is 16.0. The van der Waals surface area contributed by atoms with E-state index in [0.717, 1.165) is 0 Å². The second kappa shape index (κ2) is 8.26. The van der Waals surface area contributed by atoms with Gasteiger partial charge in [0.25, 0.3) is 0 Å². The molecule has 1 amide bonds. The van der Waals surface area contributed by atoms with Gasteiger partial charge in [-0.25, -0.2) is 24.5 Å². The van der Waals surface area contributed by atoms with Crippen molar-refractivity contribution >= 4 is 29.6 Å². The zero-order valence-electron chi connectivity index (χ0n) is 15.2. The van der Waals surface area contributed by atoms with Crippen LogP contribution < -0.4 is 9.64 Å². The summed E-state index contributed by atoms with van der Waals surface area (Å²) in [7, 11) is 1.26. The number of piperazine rings is 1. The Labute approximate surface area is 165 Å². The number of anilines is 1. The summed E-state index contributed by atoms with van der Waals surface area (Å²) in [6.07, 6.45) is 2.01. The van der Waals surface area contributed by atoms with Gasteiger partial charge in [-0.05, 0) is 13.0 Å². The van der Waals surface area contributed by atoms with Gasteiger partial charge < -0.3 is 24.4 Å². The Morgan fingerprint density at radius 2 is 1.96 bits per heavy atom. The van der Waals surface area contributed by atoms with Crippen LogP contribution in [0.15, 0.2) is 24.5 Å². The Bertz CT molecular complexity index is 879. The van der Waals surface area contributed by atoms with Gasteiger partial charge in [-0.15, -0.1) is 0 Å². The van der Waals surface area contributed by atoms with E-state index < -0.39 is 12.1 Å². The summed E-state index contributed by atoms with van der Waals surface area (Å²) in [6.45, 7) is 3.20. The summed E-state index contributed by atoms with van der Waals surface area (Å²) in [6, 6.07) is 2.61. The summed E-state index contributed by atoms with van der Waals surface area (Å²) in [5.74, 6) is 0.327. The number of halogens is 1. The van der Waals surface area contributed by atoms with Crippen molar-refractivity contribution in [3.05, 3.63) is 35.2 Å². The monoisotopic (exact) mass is 407 g/mol. The molecule has 11 heteroatoms. The molecule has 1 unspecified atom stereocenters. The summed E-state index contributed by atoms with van der Waals surface area (Å²) in [5.41, 5.74) is 0.209. The molecule has 0 spiro atoms. The molecule has 1 fully saturated rings. The number of nitrogens with zero attached hydrogens (tertiary/aromatic N) is 5. The van der Waals surface area contributed by atoms with Gasteiger partial charge in [-0.1, -0.05) is 11.6 Å². The van der Waals surface area contributed by atoms with Gasteiger partial charge in [0.1, 0.15) is 5.15 Å². The number of hydrogen-bond donors (Lipinski definition) is 1. The lowest BCUT2D eigenvalue weighted by atomic mass is 10.2. The minimum absolute atomic E-state index is 0.0840. The van der Waals surface area contributed by atoms with E-state index in [1.807, 2.05) is 11.8 Å². The van der Waals surface area contributed by atoms with Crippen molar-refractivity contribution in [3.63, 3.8) is 0 Å². The van der Waals surface area contributed by atoms with E-state index in [2.05, 4.69) is 19.7 Å². The van der Waals surface area contributed by atoms with E-state index in [1.54, 1.807) is 0 Å². The third-order valence-electron chi connectivity index (χ3n) is 4.18. The fourth-order valence-corrected chi connectivity index (χ4v) is 3.03. The first-order valence-corrected chi connectivity index (χ1v) is 8.75.